The van der Waals surface area contributed by atoms with Gasteiger partial charge in [0.05, 0.1) is 32.8 Å². The first kappa shape index (κ1) is 23.9. The molecule has 0 saturated carbocycles. The molecule has 0 bridgehead atoms. The number of halogens is 1. The van der Waals surface area contributed by atoms with E-state index in [1.165, 1.54) is 32.4 Å². The normalized spacial score (nSPS) is 22.8. The van der Waals surface area contributed by atoms with E-state index in [0.717, 1.165) is 11.6 Å². The van der Waals surface area contributed by atoms with Gasteiger partial charge in [-0.3, -0.25) is 9.59 Å². The number of phenols is 1. The molecule has 2 aliphatic heterocycles. The molecule has 9 nitrogen and oxygen atoms in total. The summed E-state index contributed by atoms with van der Waals surface area (Å²) < 4.78 is 41.4. The molecule has 0 radical (unpaired) electrons. The lowest BCUT2D eigenvalue weighted by Crippen LogP contribution is -2.42. The van der Waals surface area contributed by atoms with Crippen molar-refractivity contribution in [3.63, 3.8) is 0 Å². The molecule has 0 spiro atoms. The Morgan fingerprint density at radius 2 is 1.68 bits per heavy atom. The Bertz CT molecular complexity index is 1430. The molecule has 0 aromatic heterocycles. The lowest BCUT2D eigenvalue weighted by Gasteiger charge is -2.39. The van der Waals surface area contributed by atoms with Crippen molar-refractivity contribution in [3.05, 3.63) is 76.6 Å². The number of cyclic esters (lactones) is 1. The summed E-state index contributed by atoms with van der Waals surface area (Å²) >= 11 is 0. The van der Waals surface area contributed by atoms with Crippen LogP contribution in [0.1, 0.15) is 39.0 Å². The van der Waals surface area contributed by atoms with Crippen molar-refractivity contribution >= 4 is 11.9 Å². The van der Waals surface area contributed by atoms with Crippen molar-refractivity contribution in [1.82, 2.24) is 5.32 Å². The summed E-state index contributed by atoms with van der Waals surface area (Å²) in [6.45, 7) is 0.118. The van der Waals surface area contributed by atoms with Crippen LogP contribution in [0.15, 0.2) is 48.5 Å². The number of ether oxygens (including phenoxy) is 5. The highest BCUT2D eigenvalue weighted by Gasteiger charge is 2.53. The number of benzene rings is 3. The quantitative estimate of drug-likeness (QED) is 0.489. The van der Waals surface area contributed by atoms with E-state index in [1.807, 2.05) is 0 Å². The summed E-state index contributed by atoms with van der Waals surface area (Å²) in [7, 11) is 2.85. The Morgan fingerprint density at radius 3 is 2.34 bits per heavy atom. The third-order valence-corrected chi connectivity index (χ3v) is 7.42. The van der Waals surface area contributed by atoms with Crippen LogP contribution in [-0.2, 0) is 9.53 Å². The molecule has 1 fully saturated rings. The minimum absolute atomic E-state index is 0.0406. The number of aromatic hydroxyl groups is 1. The third kappa shape index (κ3) is 3.75. The lowest BCUT2D eigenvalue weighted by atomic mass is 9.65. The molecule has 3 aromatic rings. The Morgan fingerprint density at radius 1 is 1.00 bits per heavy atom. The lowest BCUT2D eigenvalue weighted by molar-refractivity contribution is -0.141. The van der Waals surface area contributed by atoms with Crippen molar-refractivity contribution in [2.24, 2.45) is 11.8 Å². The van der Waals surface area contributed by atoms with Crippen LogP contribution in [0.4, 0.5) is 4.39 Å². The van der Waals surface area contributed by atoms with Crippen LogP contribution in [0.3, 0.4) is 0 Å². The molecule has 1 aliphatic carbocycles. The second-order valence-electron chi connectivity index (χ2n) is 9.37. The van der Waals surface area contributed by atoms with Crippen LogP contribution >= 0.6 is 0 Å². The molecular formula is C28H24FNO8. The van der Waals surface area contributed by atoms with E-state index in [1.54, 1.807) is 24.3 Å². The van der Waals surface area contributed by atoms with Gasteiger partial charge in [-0.2, -0.15) is 0 Å². The van der Waals surface area contributed by atoms with Gasteiger partial charge in [0.2, 0.25) is 12.5 Å². The van der Waals surface area contributed by atoms with Crippen molar-refractivity contribution < 1.29 is 42.8 Å². The molecule has 1 amide bonds. The summed E-state index contributed by atoms with van der Waals surface area (Å²) in [5, 5.41) is 13.5. The SMILES string of the molecule is COc1cc(C2c3cc4c(cc3C(NC(=O)c3cccc(F)c3)C3COC(=O)C23)OCO4)cc(OC)c1O. The summed E-state index contributed by atoms with van der Waals surface area (Å²) in [4.78, 5) is 26.4. The molecular weight excluding hydrogens is 497 g/mol. The summed E-state index contributed by atoms with van der Waals surface area (Å²) in [5.74, 6) is -1.86. The van der Waals surface area contributed by atoms with Crippen LogP contribution < -0.4 is 24.3 Å². The molecule has 2 N–H and O–H groups in total. The highest BCUT2D eigenvalue weighted by atomic mass is 19.1. The number of esters is 1. The van der Waals surface area contributed by atoms with Crippen molar-refractivity contribution in [1.29, 1.82) is 0 Å². The monoisotopic (exact) mass is 521 g/mol. The fourth-order valence-electron chi connectivity index (χ4n) is 5.70. The molecule has 3 aromatic carbocycles. The van der Waals surface area contributed by atoms with Gasteiger partial charge < -0.3 is 34.1 Å². The van der Waals surface area contributed by atoms with E-state index in [4.69, 9.17) is 23.7 Å². The Hall–Kier alpha value is -4.47. The summed E-state index contributed by atoms with van der Waals surface area (Å²) in [6, 6.07) is 11.7. The summed E-state index contributed by atoms with van der Waals surface area (Å²) in [6.07, 6.45) is 0. The van der Waals surface area contributed by atoms with Crippen molar-refractivity contribution in [2.75, 3.05) is 27.6 Å². The maximum absolute atomic E-state index is 13.8. The molecule has 4 unspecified atom stereocenters. The predicted molar refractivity (Wildman–Crippen MR) is 130 cm³/mol. The summed E-state index contributed by atoms with van der Waals surface area (Å²) in [5.41, 5.74) is 2.24. The van der Waals surface area contributed by atoms with Crippen LogP contribution in [0.5, 0.6) is 28.7 Å². The van der Waals surface area contributed by atoms with Gasteiger partial charge in [0.1, 0.15) is 5.82 Å². The molecule has 1 saturated heterocycles. The van der Waals surface area contributed by atoms with Crippen LogP contribution in [0.25, 0.3) is 0 Å². The standard InChI is InChI=1S/C28H24FNO8/c1-34-21-7-14(8-22(35-2)26(21)31)23-16-9-19-20(38-12-37-19)10-17(16)25(18-11-36-28(33)24(18)23)30-27(32)13-4-3-5-15(29)6-13/h3-10,18,23-25,31H,11-12H2,1-2H3,(H,30,32). The zero-order valence-corrected chi connectivity index (χ0v) is 20.5. The molecule has 2 heterocycles. The smallest absolute Gasteiger partial charge is 0.310 e. The maximum atomic E-state index is 13.8. The Labute approximate surface area is 217 Å². The van der Waals surface area contributed by atoms with Gasteiger partial charge >= 0.3 is 5.97 Å². The van der Waals surface area contributed by atoms with E-state index in [0.29, 0.717) is 22.6 Å². The zero-order chi connectivity index (χ0) is 26.6. The number of methoxy groups -OCH3 is 2. The van der Waals surface area contributed by atoms with Gasteiger partial charge in [-0.25, -0.2) is 4.39 Å². The van der Waals surface area contributed by atoms with E-state index in [-0.39, 0.29) is 36.2 Å². The van der Waals surface area contributed by atoms with Crippen LogP contribution in [-0.4, -0.2) is 44.6 Å². The number of fused-ring (bicyclic) bond motifs is 3. The third-order valence-electron chi connectivity index (χ3n) is 7.42. The first-order chi connectivity index (χ1) is 18.4. The number of amides is 1. The van der Waals surface area contributed by atoms with Crippen molar-refractivity contribution in [3.8, 4) is 28.7 Å². The number of hydrogen-bond donors (Lipinski definition) is 2. The molecule has 10 heteroatoms. The molecule has 6 rings (SSSR count). The van der Waals surface area contributed by atoms with Gasteiger partial charge in [0.15, 0.2) is 23.0 Å². The second-order valence-corrected chi connectivity index (χ2v) is 9.37. The van der Waals surface area contributed by atoms with Crippen LogP contribution in [0, 0.1) is 17.7 Å². The van der Waals surface area contributed by atoms with E-state index < -0.39 is 41.5 Å². The van der Waals surface area contributed by atoms with Gasteiger partial charge in [-0.05, 0) is 59.2 Å². The molecule has 4 atom stereocenters. The highest BCUT2D eigenvalue weighted by Crippen LogP contribution is 2.55. The Kier molecular flexibility index (Phi) is 5.74. The van der Waals surface area contributed by atoms with Gasteiger partial charge in [-0.15, -0.1) is 0 Å². The highest BCUT2D eigenvalue weighted by molar-refractivity contribution is 5.94. The van der Waals surface area contributed by atoms with E-state index in [9.17, 15) is 19.1 Å². The largest absolute Gasteiger partial charge is 0.502 e. The number of nitrogens with one attached hydrogen (secondary N) is 1. The minimum atomic E-state index is -0.681. The van der Waals surface area contributed by atoms with Gasteiger partial charge in [0.25, 0.3) is 5.91 Å². The second kappa shape index (κ2) is 9.13. The number of rotatable bonds is 5. The first-order valence-electron chi connectivity index (χ1n) is 12.0. The number of phenolic OH excluding ortho intramolecular Hbond substituents is 1. The van der Waals surface area contributed by atoms with E-state index in [2.05, 4.69) is 5.32 Å². The number of carbonyl (C=O) groups is 2. The van der Waals surface area contributed by atoms with Crippen LogP contribution in [0.2, 0.25) is 0 Å². The predicted octanol–water partition coefficient (Wildman–Crippen LogP) is 3.68. The first-order valence-corrected chi connectivity index (χ1v) is 12.0. The minimum Gasteiger partial charge on any atom is -0.502 e. The van der Waals surface area contributed by atoms with E-state index >= 15 is 0 Å². The zero-order valence-electron chi connectivity index (χ0n) is 20.5. The topological polar surface area (TPSA) is 113 Å². The fraction of sp³-hybridized carbons (Fsp3) is 0.286. The number of carbonyl (C=O) groups excluding carboxylic acids is 2. The molecule has 38 heavy (non-hydrogen) atoms. The number of hydrogen-bond acceptors (Lipinski definition) is 8. The average Bonchev–Trinajstić information content (AvgIpc) is 3.54. The fourth-order valence-corrected chi connectivity index (χ4v) is 5.70. The Balaban J connectivity index is 1.52. The maximum Gasteiger partial charge on any atom is 0.310 e. The molecule has 196 valence electrons. The van der Waals surface area contributed by atoms with Crippen molar-refractivity contribution in [2.45, 2.75) is 12.0 Å². The molecule has 3 aliphatic rings. The average molecular weight is 521 g/mol. The van der Waals surface area contributed by atoms with Gasteiger partial charge in [-0.1, -0.05) is 6.07 Å². The van der Waals surface area contributed by atoms with Gasteiger partial charge in [0, 0.05) is 17.4 Å².